The lowest BCUT2D eigenvalue weighted by molar-refractivity contribution is -0.142. The number of unbranched alkanes of at least 4 members (excludes halogenated alkanes) is 2. The van der Waals surface area contributed by atoms with Crippen LogP contribution in [0.25, 0.3) is 0 Å². The Morgan fingerprint density at radius 1 is 0.660 bits per heavy atom. The number of aliphatic carboxylic acids is 1. The second kappa shape index (κ2) is 43.3. The molecule has 6 rings (SSSR count). The highest BCUT2D eigenvalue weighted by molar-refractivity contribution is 7.99. The van der Waals surface area contributed by atoms with Gasteiger partial charge in [-0.25, -0.2) is 9.78 Å². The van der Waals surface area contributed by atoms with Crippen molar-refractivity contribution in [2.24, 2.45) is 44.6 Å². The molecular formula is C68H106N22O15S. The Labute approximate surface area is 619 Å². The molecule has 4 saturated heterocycles. The molecule has 0 bridgehead atoms. The van der Waals surface area contributed by atoms with Crippen LogP contribution in [0.4, 0.5) is 0 Å². The Morgan fingerprint density at radius 3 is 1.93 bits per heavy atom. The van der Waals surface area contributed by atoms with Crippen molar-refractivity contribution < 1.29 is 72.2 Å². The van der Waals surface area contributed by atoms with E-state index in [4.69, 9.17) is 28.7 Å². The fourth-order valence-corrected chi connectivity index (χ4v) is 13.8. The molecule has 0 radical (unpaired) electrons. The number of carbonyl (C=O) groups is 14. The molecule has 4 fully saturated rings. The minimum Gasteiger partial charge on any atom is -0.480 e. The van der Waals surface area contributed by atoms with Crippen LogP contribution in [0.3, 0.4) is 0 Å². The van der Waals surface area contributed by atoms with Crippen molar-refractivity contribution in [3.63, 3.8) is 0 Å². The summed E-state index contributed by atoms with van der Waals surface area (Å²) in [6.45, 7) is 5.26. The average molecular weight is 1500 g/mol. The summed E-state index contributed by atoms with van der Waals surface area (Å²) in [7, 11) is 0. The smallest absolute Gasteiger partial charge is 0.326 e. The van der Waals surface area contributed by atoms with Crippen LogP contribution >= 0.6 is 11.8 Å². The summed E-state index contributed by atoms with van der Waals surface area (Å²) in [5.74, 6) is -13.2. The quantitative estimate of drug-likeness (QED) is 0.0181. The molecule has 37 nitrogen and oxygen atoms in total. The second-order valence-corrected chi connectivity index (χ2v) is 28.2. The van der Waals surface area contributed by atoms with Gasteiger partial charge in [-0.3, -0.25) is 72.3 Å². The van der Waals surface area contributed by atoms with Gasteiger partial charge in [-0.1, -0.05) is 63.9 Å². The van der Waals surface area contributed by atoms with Crippen LogP contribution < -0.4 is 87.2 Å². The first-order valence-electron chi connectivity index (χ1n) is 36.2. The number of aromatic amines is 1. The number of amides is 13. The van der Waals surface area contributed by atoms with E-state index in [0.29, 0.717) is 49.8 Å². The molecule has 584 valence electrons. The van der Waals surface area contributed by atoms with Gasteiger partial charge in [0.05, 0.1) is 12.9 Å². The molecule has 0 spiro atoms. The van der Waals surface area contributed by atoms with E-state index in [0.717, 1.165) is 11.8 Å². The third-order valence-electron chi connectivity index (χ3n) is 18.3. The van der Waals surface area contributed by atoms with Crippen molar-refractivity contribution in [2.75, 3.05) is 50.8 Å². The van der Waals surface area contributed by atoms with Crippen molar-refractivity contribution >= 4 is 106 Å². The number of fused-ring (bicyclic) bond motifs is 1. The van der Waals surface area contributed by atoms with Crippen LogP contribution in [0.2, 0.25) is 0 Å². The predicted molar refractivity (Wildman–Crippen MR) is 390 cm³/mol. The number of imidazole rings is 1. The van der Waals surface area contributed by atoms with Crippen molar-refractivity contribution in [3.8, 4) is 0 Å². The van der Waals surface area contributed by atoms with E-state index in [1.807, 2.05) is 6.92 Å². The van der Waals surface area contributed by atoms with E-state index >= 15 is 9.59 Å². The highest BCUT2D eigenvalue weighted by Crippen LogP contribution is 2.23. The summed E-state index contributed by atoms with van der Waals surface area (Å²) >= 11 is 0.835. The zero-order valence-electron chi connectivity index (χ0n) is 60.3. The molecule has 2 aromatic rings. The van der Waals surface area contributed by atoms with Crippen molar-refractivity contribution in [1.82, 2.24) is 78.3 Å². The molecule has 0 saturated carbocycles. The Balaban J connectivity index is 1.36. The number of hydrogen-bond acceptors (Lipinski definition) is 19. The number of carboxylic acids is 1. The first-order chi connectivity index (χ1) is 50.7. The minimum atomic E-state index is -1.71. The Morgan fingerprint density at radius 2 is 1.29 bits per heavy atom. The van der Waals surface area contributed by atoms with E-state index in [-0.39, 0.29) is 140 Å². The zero-order chi connectivity index (χ0) is 77.4. The van der Waals surface area contributed by atoms with Gasteiger partial charge >= 0.3 is 5.97 Å². The highest BCUT2D eigenvalue weighted by Gasteiger charge is 2.42. The topological polar surface area (TPSA) is 582 Å². The number of H-pyrrole nitrogens is 1. The summed E-state index contributed by atoms with van der Waals surface area (Å²) in [5, 5.41) is 40.0. The number of nitrogens with two attached hydrogens (primary N) is 5. The highest BCUT2D eigenvalue weighted by atomic mass is 32.2. The molecule has 23 N–H and O–H groups in total. The summed E-state index contributed by atoms with van der Waals surface area (Å²) in [5.41, 5.74) is 29.1. The van der Waals surface area contributed by atoms with Crippen LogP contribution in [0.15, 0.2) is 52.8 Å². The van der Waals surface area contributed by atoms with Gasteiger partial charge in [0.2, 0.25) is 76.8 Å². The summed E-state index contributed by atoms with van der Waals surface area (Å²) in [6.07, 6.45) is 5.52. The summed E-state index contributed by atoms with van der Waals surface area (Å²) in [4.78, 5) is 217. The van der Waals surface area contributed by atoms with Crippen LogP contribution in [-0.2, 0) is 80.0 Å². The lowest BCUT2D eigenvalue weighted by Gasteiger charge is -2.31. The predicted octanol–water partition coefficient (Wildman–Crippen LogP) is -4.76. The lowest BCUT2D eigenvalue weighted by atomic mass is 10.0. The SMILES string of the molecule is CCCC[C@@H]1NC(=O)[C@@H]2CCCN2C(=O)CNC(=O)[C@H](CCCCN)NC(=O)[C@H](Cc2cnc[nH]2)NC(=O)[C@@H](NC(=O)[C@H](CC(C)C)NC(=O)[C@H](CCCN=C(N)N)NC(=O)[C@@H]2CCCN2C(=O)[C@H](CCCN=C(N)N)NC(=O)[C@@H]2CCC(=O)N2)CSC[C@@H](C(=O)N[C@@H](Cc2ccccc2)C(=O)O)NC1=O. The molecule has 0 unspecified atom stereocenters. The molecule has 12 atom stereocenters. The van der Waals surface area contributed by atoms with Gasteiger partial charge in [-0.05, 0) is 108 Å². The summed E-state index contributed by atoms with van der Waals surface area (Å²) < 4.78 is 0. The molecule has 0 aliphatic carbocycles. The first-order valence-corrected chi connectivity index (χ1v) is 37.3. The van der Waals surface area contributed by atoms with Gasteiger partial charge in [-0.15, -0.1) is 0 Å². The van der Waals surface area contributed by atoms with Gasteiger partial charge in [-0.2, -0.15) is 11.8 Å². The largest absolute Gasteiger partial charge is 0.480 e. The number of rotatable bonds is 33. The first kappa shape index (κ1) is 84.8. The van der Waals surface area contributed by atoms with E-state index in [9.17, 15) is 62.6 Å². The van der Waals surface area contributed by atoms with Crippen LogP contribution in [-0.4, -0.2) is 243 Å². The summed E-state index contributed by atoms with van der Waals surface area (Å²) in [6, 6.07) is -7.91. The molecule has 4 aliphatic rings. The Kier molecular flexibility index (Phi) is 34.7. The number of guanidine groups is 2. The lowest BCUT2D eigenvalue weighted by Crippen LogP contribution is -2.61. The normalized spacial score (nSPS) is 22.5. The van der Waals surface area contributed by atoms with Crippen molar-refractivity contribution in [1.29, 1.82) is 0 Å². The maximum absolute atomic E-state index is 15.3. The molecule has 1 aromatic carbocycles. The maximum atomic E-state index is 15.3. The maximum Gasteiger partial charge on any atom is 0.326 e. The zero-order valence-corrected chi connectivity index (χ0v) is 61.1. The van der Waals surface area contributed by atoms with Crippen molar-refractivity contribution in [2.45, 2.75) is 215 Å². The number of likely N-dealkylation sites (tertiary alicyclic amines) is 1. The number of nitrogens with one attached hydrogen (secondary N) is 12. The number of hydrogen-bond donors (Lipinski definition) is 18. The van der Waals surface area contributed by atoms with Gasteiger partial charge in [0.15, 0.2) is 11.9 Å². The van der Waals surface area contributed by atoms with Gasteiger partial charge in [0, 0.05) is 68.8 Å². The Hall–Kier alpha value is -10.1. The van der Waals surface area contributed by atoms with E-state index in [1.165, 1.54) is 22.3 Å². The minimum absolute atomic E-state index is 0.0130. The number of nitrogens with zero attached hydrogens (tertiary/aromatic N) is 5. The van der Waals surface area contributed by atoms with Crippen LogP contribution in [0, 0.1) is 5.92 Å². The van der Waals surface area contributed by atoms with Gasteiger partial charge < -0.3 is 107 Å². The van der Waals surface area contributed by atoms with E-state index < -0.39 is 167 Å². The monoisotopic (exact) mass is 1500 g/mol. The molecule has 4 aliphatic heterocycles. The number of aliphatic imine (C=N–C) groups is 2. The molecular weight excluding hydrogens is 1400 g/mol. The third-order valence-corrected chi connectivity index (χ3v) is 19.5. The molecule has 38 heteroatoms. The Bertz CT molecular complexity index is 3410. The standard InChI is InChI=1S/C68H106N22O15S/c1-4-5-17-42-57(95)87-50(62(100)86-48(66(104)105)31-39-15-7-6-8-16-39)36-106-35-49(61(99)85-47(32-40-33-74-37-78-40)60(98)80-41(18-9-10-25-69)55(93)77-34-54(92)89-28-13-21-51(89)63(101)81-42)88-59(97)46(30-38(2)3)84-56(94)43(19-11-26-75-67(70)71)82-64(102)52-22-14-29-90(52)65(103)45(20-12-27-76-68(72)73)83-58(96)44-23-24-53(91)79-44/h6-8,15-16,33,37-38,41-52H,4-5,9-14,17-32,34-36,69H2,1-3H3,(H,74,78)(H,77,93)(H,79,91)(H,80,98)(H,81,101)(H,82,102)(H,83,96)(H,84,94)(H,85,99)(H,86,100)(H,87,95)(H,88,97)(H,104,105)(H4,70,71,75)(H4,72,73,76)/t41-,42-,43-,44-,45-,46-,47-,48-,49-,50-,51-,52-/m0/s1. The number of carboxylic acid groups (broad SMARTS) is 1. The van der Waals surface area contributed by atoms with Crippen LogP contribution in [0.1, 0.15) is 141 Å². The number of aromatic nitrogens is 2. The molecule has 1 aromatic heterocycles. The molecule has 106 heavy (non-hydrogen) atoms. The molecule has 5 heterocycles. The number of thioether (sulfide) groups is 1. The van der Waals surface area contributed by atoms with Gasteiger partial charge in [0.1, 0.15) is 72.5 Å². The second-order valence-electron chi connectivity index (χ2n) is 27.2. The third kappa shape index (κ3) is 27.4. The van der Waals surface area contributed by atoms with Crippen LogP contribution in [0.5, 0.6) is 0 Å². The molecule has 13 amide bonds. The number of benzene rings is 1. The van der Waals surface area contributed by atoms with Crippen molar-refractivity contribution in [3.05, 3.63) is 54.1 Å². The number of carbonyl (C=O) groups excluding carboxylic acids is 13. The van der Waals surface area contributed by atoms with E-state index in [2.05, 4.69) is 78.4 Å². The van der Waals surface area contributed by atoms with E-state index in [1.54, 1.807) is 44.2 Å². The fourth-order valence-electron chi connectivity index (χ4n) is 12.7. The van der Waals surface area contributed by atoms with Gasteiger partial charge in [0.25, 0.3) is 0 Å². The average Bonchev–Trinajstić information content (AvgIpc) is 1.62. The fraction of sp³-hybridized carbons (Fsp3) is 0.632.